The third-order valence-corrected chi connectivity index (χ3v) is 5.36. The van der Waals surface area contributed by atoms with Crippen LogP contribution in [0.25, 0.3) is 0 Å². The van der Waals surface area contributed by atoms with Crippen LogP contribution in [0, 0.1) is 0 Å². The third-order valence-electron chi connectivity index (χ3n) is 5.36. The molecule has 2 heterocycles. The molecule has 0 atom stereocenters. The summed E-state index contributed by atoms with van der Waals surface area (Å²) in [4.78, 5) is 27.9. The van der Waals surface area contributed by atoms with E-state index in [1.807, 2.05) is 54.0 Å². The van der Waals surface area contributed by atoms with Crippen LogP contribution < -0.4 is 5.32 Å². The number of amides is 2. The van der Waals surface area contributed by atoms with E-state index in [2.05, 4.69) is 16.3 Å². The zero-order valence-corrected chi connectivity index (χ0v) is 17.6. The van der Waals surface area contributed by atoms with Gasteiger partial charge in [-0.15, -0.1) is 0 Å². The molecule has 29 heavy (non-hydrogen) atoms. The van der Waals surface area contributed by atoms with Crippen molar-refractivity contribution in [1.82, 2.24) is 24.9 Å². The minimum absolute atomic E-state index is 0.0660. The van der Waals surface area contributed by atoms with Gasteiger partial charge in [-0.1, -0.05) is 18.2 Å². The van der Waals surface area contributed by atoms with Gasteiger partial charge in [-0.3, -0.25) is 14.3 Å². The molecule has 3 rings (SSSR count). The summed E-state index contributed by atoms with van der Waals surface area (Å²) in [5, 5.41) is 7.84. The molecule has 156 valence electrons. The van der Waals surface area contributed by atoms with Gasteiger partial charge in [-0.05, 0) is 45.1 Å². The van der Waals surface area contributed by atoms with E-state index in [-0.39, 0.29) is 11.8 Å². The lowest BCUT2D eigenvalue weighted by Gasteiger charge is -2.30. The van der Waals surface area contributed by atoms with E-state index in [0.29, 0.717) is 24.6 Å². The Bertz CT molecular complexity index is 823. The number of carbonyl (C=O) groups is 2. The zero-order chi connectivity index (χ0) is 20.8. The summed E-state index contributed by atoms with van der Waals surface area (Å²) in [6.07, 6.45) is 1.89. The SMILES string of the molecule is CC(=O)N1CCC(c2cc(CN(C)C)n(CCNC(=O)c3ccccc3)n2)CC1. The van der Waals surface area contributed by atoms with Gasteiger partial charge in [-0.25, -0.2) is 0 Å². The summed E-state index contributed by atoms with van der Waals surface area (Å²) in [6, 6.07) is 11.4. The third kappa shape index (κ3) is 5.67. The Morgan fingerprint density at radius 1 is 1.17 bits per heavy atom. The number of benzene rings is 1. The van der Waals surface area contributed by atoms with Crippen molar-refractivity contribution in [2.75, 3.05) is 33.7 Å². The van der Waals surface area contributed by atoms with Gasteiger partial charge in [0.1, 0.15) is 0 Å². The smallest absolute Gasteiger partial charge is 0.251 e. The highest BCUT2D eigenvalue weighted by Gasteiger charge is 2.24. The molecule has 1 saturated heterocycles. The summed E-state index contributed by atoms with van der Waals surface area (Å²) in [5.41, 5.74) is 2.91. The molecule has 0 saturated carbocycles. The highest BCUT2D eigenvalue weighted by molar-refractivity contribution is 5.94. The Hall–Kier alpha value is -2.67. The number of hydrogen-bond acceptors (Lipinski definition) is 4. The Kier molecular flexibility index (Phi) is 7.04. The van der Waals surface area contributed by atoms with Crippen molar-refractivity contribution >= 4 is 11.8 Å². The summed E-state index contributed by atoms with van der Waals surface area (Å²) in [5.74, 6) is 0.465. The number of nitrogens with one attached hydrogen (secondary N) is 1. The van der Waals surface area contributed by atoms with Crippen molar-refractivity contribution in [2.45, 2.75) is 38.8 Å². The molecule has 1 aromatic heterocycles. The number of nitrogens with zero attached hydrogens (tertiary/aromatic N) is 4. The predicted octanol–water partition coefficient (Wildman–Crippen LogP) is 2.10. The Balaban J connectivity index is 1.63. The van der Waals surface area contributed by atoms with Crippen LogP contribution in [0.5, 0.6) is 0 Å². The van der Waals surface area contributed by atoms with Gasteiger partial charge >= 0.3 is 0 Å². The van der Waals surface area contributed by atoms with E-state index in [9.17, 15) is 9.59 Å². The van der Waals surface area contributed by atoms with Crippen molar-refractivity contribution in [1.29, 1.82) is 0 Å². The van der Waals surface area contributed by atoms with Crippen molar-refractivity contribution in [3.63, 3.8) is 0 Å². The standard InChI is InChI=1S/C22H31N5O2/c1-17(28)26-12-9-18(10-13-26)21-15-20(16-25(2)3)27(24-21)14-11-23-22(29)19-7-5-4-6-8-19/h4-8,15,18H,9-14,16H2,1-3H3,(H,23,29). The molecule has 0 radical (unpaired) electrons. The van der Waals surface area contributed by atoms with Crippen LogP contribution in [0.3, 0.4) is 0 Å². The maximum Gasteiger partial charge on any atom is 0.251 e. The van der Waals surface area contributed by atoms with Crippen molar-refractivity contribution in [3.8, 4) is 0 Å². The topological polar surface area (TPSA) is 70.5 Å². The number of rotatable bonds is 7. The lowest BCUT2D eigenvalue weighted by Crippen LogP contribution is -2.36. The normalized spacial score (nSPS) is 15.0. The molecule has 7 heteroatoms. The molecule has 2 aromatic rings. The second-order valence-corrected chi connectivity index (χ2v) is 7.92. The van der Waals surface area contributed by atoms with E-state index >= 15 is 0 Å². The van der Waals surface area contributed by atoms with Crippen LogP contribution >= 0.6 is 0 Å². The van der Waals surface area contributed by atoms with Gasteiger partial charge in [0.05, 0.1) is 17.9 Å². The molecule has 2 amide bonds. The summed E-state index contributed by atoms with van der Waals surface area (Å²) < 4.78 is 2.01. The molecule has 1 N–H and O–H groups in total. The lowest BCUT2D eigenvalue weighted by molar-refractivity contribution is -0.129. The quantitative estimate of drug-likeness (QED) is 0.777. The Morgan fingerprint density at radius 2 is 1.86 bits per heavy atom. The largest absolute Gasteiger partial charge is 0.350 e. The molecular formula is C22H31N5O2. The fourth-order valence-corrected chi connectivity index (χ4v) is 3.78. The van der Waals surface area contributed by atoms with Crippen LogP contribution in [-0.2, 0) is 17.9 Å². The Labute approximate surface area is 172 Å². The van der Waals surface area contributed by atoms with E-state index < -0.39 is 0 Å². The van der Waals surface area contributed by atoms with Gasteiger partial charge in [0.25, 0.3) is 5.91 Å². The number of hydrogen-bond donors (Lipinski definition) is 1. The molecule has 1 aliphatic heterocycles. The molecule has 0 aliphatic carbocycles. The number of aromatic nitrogens is 2. The summed E-state index contributed by atoms with van der Waals surface area (Å²) >= 11 is 0. The molecule has 0 spiro atoms. The average molecular weight is 398 g/mol. The van der Waals surface area contributed by atoms with E-state index in [0.717, 1.165) is 43.9 Å². The van der Waals surface area contributed by atoms with Crippen LogP contribution in [0.15, 0.2) is 36.4 Å². The van der Waals surface area contributed by atoms with Gasteiger partial charge in [0.2, 0.25) is 5.91 Å². The molecule has 7 nitrogen and oxygen atoms in total. The van der Waals surface area contributed by atoms with E-state index in [1.54, 1.807) is 6.92 Å². The monoisotopic (exact) mass is 397 g/mol. The average Bonchev–Trinajstić information content (AvgIpc) is 3.10. The van der Waals surface area contributed by atoms with Gasteiger partial charge in [-0.2, -0.15) is 5.10 Å². The van der Waals surface area contributed by atoms with Crippen molar-refractivity contribution in [2.24, 2.45) is 0 Å². The van der Waals surface area contributed by atoms with Gasteiger partial charge in [0, 0.05) is 44.6 Å². The first kappa shape index (κ1) is 21.0. The molecule has 1 fully saturated rings. The van der Waals surface area contributed by atoms with E-state index in [4.69, 9.17) is 5.10 Å². The molecule has 1 aliphatic rings. The summed E-state index contributed by atoms with van der Waals surface area (Å²) in [7, 11) is 4.08. The minimum Gasteiger partial charge on any atom is -0.350 e. The number of carbonyl (C=O) groups excluding carboxylic acids is 2. The van der Waals surface area contributed by atoms with Crippen LogP contribution in [0.1, 0.15) is 47.4 Å². The molecule has 1 aromatic carbocycles. The van der Waals surface area contributed by atoms with Crippen LogP contribution in [-0.4, -0.2) is 65.1 Å². The van der Waals surface area contributed by atoms with Gasteiger partial charge < -0.3 is 15.1 Å². The highest BCUT2D eigenvalue weighted by Crippen LogP contribution is 2.28. The Morgan fingerprint density at radius 3 is 2.48 bits per heavy atom. The number of piperidine rings is 1. The first-order valence-corrected chi connectivity index (χ1v) is 10.2. The maximum absolute atomic E-state index is 12.3. The maximum atomic E-state index is 12.3. The second-order valence-electron chi connectivity index (χ2n) is 7.92. The molecule has 0 unspecified atom stereocenters. The predicted molar refractivity (Wildman–Crippen MR) is 113 cm³/mol. The second kappa shape index (κ2) is 9.69. The first-order chi connectivity index (χ1) is 13.9. The zero-order valence-electron chi connectivity index (χ0n) is 17.6. The number of likely N-dealkylation sites (tertiary alicyclic amines) is 1. The molecule has 0 bridgehead atoms. The minimum atomic E-state index is -0.0660. The van der Waals surface area contributed by atoms with Crippen molar-refractivity contribution < 1.29 is 9.59 Å². The highest BCUT2D eigenvalue weighted by atomic mass is 16.2. The summed E-state index contributed by atoms with van der Waals surface area (Å²) in [6.45, 7) is 5.18. The van der Waals surface area contributed by atoms with Crippen molar-refractivity contribution in [3.05, 3.63) is 53.3 Å². The van der Waals surface area contributed by atoms with Crippen LogP contribution in [0.4, 0.5) is 0 Å². The first-order valence-electron chi connectivity index (χ1n) is 10.2. The fraction of sp³-hybridized carbons (Fsp3) is 0.500. The van der Waals surface area contributed by atoms with Crippen LogP contribution in [0.2, 0.25) is 0 Å². The fourth-order valence-electron chi connectivity index (χ4n) is 3.78. The van der Waals surface area contributed by atoms with E-state index in [1.165, 1.54) is 0 Å². The lowest BCUT2D eigenvalue weighted by atomic mass is 9.93. The molecular weight excluding hydrogens is 366 g/mol. The van der Waals surface area contributed by atoms with Gasteiger partial charge in [0.15, 0.2) is 0 Å².